The van der Waals surface area contributed by atoms with Crippen LogP contribution in [-0.2, 0) is 6.54 Å². The van der Waals surface area contributed by atoms with Crippen LogP contribution >= 0.6 is 0 Å². The lowest BCUT2D eigenvalue weighted by Gasteiger charge is -2.24. The SMILES string of the molecule is CCNC(c1c(C)cc(C)cc1C)c1ccnn1CC. The van der Waals surface area contributed by atoms with Gasteiger partial charge in [-0.1, -0.05) is 24.6 Å². The molecule has 0 spiro atoms. The highest BCUT2D eigenvalue weighted by Gasteiger charge is 2.20. The van der Waals surface area contributed by atoms with Gasteiger partial charge in [-0.2, -0.15) is 5.10 Å². The van der Waals surface area contributed by atoms with Crippen molar-refractivity contribution < 1.29 is 0 Å². The normalized spacial score (nSPS) is 12.7. The zero-order chi connectivity index (χ0) is 14.7. The Morgan fingerprint density at radius 1 is 1.15 bits per heavy atom. The second-order valence-corrected chi connectivity index (χ2v) is 5.37. The number of rotatable bonds is 5. The largest absolute Gasteiger partial charge is 0.305 e. The maximum absolute atomic E-state index is 4.42. The van der Waals surface area contributed by atoms with Gasteiger partial charge in [0, 0.05) is 12.7 Å². The summed E-state index contributed by atoms with van der Waals surface area (Å²) in [6.45, 7) is 12.7. The van der Waals surface area contributed by atoms with Crippen molar-refractivity contribution in [1.29, 1.82) is 0 Å². The molecule has 1 atom stereocenters. The molecule has 20 heavy (non-hydrogen) atoms. The lowest BCUT2D eigenvalue weighted by atomic mass is 9.92. The zero-order valence-corrected chi connectivity index (χ0v) is 13.2. The summed E-state index contributed by atoms with van der Waals surface area (Å²) >= 11 is 0. The van der Waals surface area contributed by atoms with Gasteiger partial charge in [0.1, 0.15) is 0 Å². The van der Waals surface area contributed by atoms with Crippen molar-refractivity contribution in [2.45, 2.75) is 47.2 Å². The molecule has 0 aliphatic heterocycles. The fraction of sp³-hybridized carbons (Fsp3) is 0.471. The molecule has 0 saturated heterocycles. The van der Waals surface area contributed by atoms with Crippen molar-refractivity contribution in [1.82, 2.24) is 15.1 Å². The Morgan fingerprint density at radius 2 is 1.80 bits per heavy atom. The number of benzene rings is 1. The van der Waals surface area contributed by atoms with E-state index in [-0.39, 0.29) is 6.04 Å². The fourth-order valence-electron chi connectivity index (χ4n) is 3.06. The standard InChI is InChI=1S/C17H25N3/c1-6-18-17(15-8-9-19-20(15)7-2)16-13(4)10-12(3)11-14(16)5/h8-11,17-18H,6-7H2,1-5H3. The molecule has 0 saturated carbocycles. The number of hydrogen-bond acceptors (Lipinski definition) is 2. The van der Waals surface area contributed by atoms with Gasteiger partial charge in [0.05, 0.1) is 11.7 Å². The molecule has 1 aromatic carbocycles. The van der Waals surface area contributed by atoms with Crippen LogP contribution < -0.4 is 5.32 Å². The highest BCUT2D eigenvalue weighted by Crippen LogP contribution is 2.28. The van der Waals surface area contributed by atoms with Crippen molar-refractivity contribution >= 4 is 0 Å². The number of aryl methyl sites for hydroxylation is 4. The molecule has 1 heterocycles. The third kappa shape index (κ3) is 2.78. The minimum atomic E-state index is 0.211. The topological polar surface area (TPSA) is 29.9 Å². The quantitative estimate of drug-likeness (QED) is 0.901. The minimum Gasteiger partial charge on any atom is -0.305 e. The Morgan fingerprint density at radius 3 is 2.35 bits per heavy atom. The van der Waals surface area contributed by atoms with E-state index in [4.69, 9.17) is 0 Å². The first-order chi connectivity index (χ1) is 9.58. The van der Waals surface area contributed by atoms with E-state index in [0.29, 0.717) is 0 Å². The van der Waals surface area contributed by atoms with Gasteiger partial charge in [0.2, 0.25) is 0 Å². The third-order valence-corrected chi connectivity index (χ3v) is 3.78. The predicted molar refractivity (Wildman–Crippen MR) is 84.1 cm³/mol. The Bertz CT molecular complexity index is 561. The Labute approximate surface area is 122 Å². The van der Waals surface area contributed by atoms with Crippen LogP contribution in [-0.4, -0.2) is 16.3 Å². The van der Waals surface area contributed by atoms with Gasteiger partial charge in [-0.25, -0.2) is 0 Å². The minimum absolute atomic E-state index is 0.211. The van der Waals surface area contributed by atoms with E-state index in [1.54, 1.807) is 0 Å². The average Bonchev–Trinajstić information content (AvgIpc) is 2.84. The van der Waals surface area contributed by atoms with Gasteiger partial charge in [0.15, 0.2) is 0 Å². The monoisotopic (exact) mass is 271 g/mol. The van der Waals surface area contributed by atoms with Crippen molar-refractivity contribution in [2.75, 3.05) is 6.54 Å². The third-order valence-electron chi connectivity index (χ3n) is 3.78. The molecule has 1 unspecified atom stereocenters. The molecule has 0 bridgehead atoms. The van der Waals surface area contributed by atoms with Crippen LogP contribution in [0.15, 0.2) is 24.4 Å². The van der Waals surface area contributed by atoms with Crippen LogP contribution in [0.3, 0.4) is 0 Å². The van der Waals surface area contributed by atoms with Gasteiger partial charge in [-0.05, 0) is 57.0 Å². The summed E-state index contributed by atoms with van der Waals surface area (Å²) in [5.74, 6) is 0. The first-order valence-corrected chi connectivity index (χ1v) is 7.41. The molecule has 3 nitrogen and oxygen atoms in total. The fourth-order valence-corrected chi connectivity index (χ4v) is 3.06. The molecule has 3 heteroatoms. The Kier molecular flexibility index (Phi) is 4.61. The van der Waals surface area contributed by atoms with Crippen LogP contribution in [0.2, 0.25) is 0 Å². The summed E-state index contributed by atoms with van der Waals surface area (Å²) in [4.78, 5) is 0. The zero-order valence-electron chi connectivity index (χ0n) is 13.2. The van der Waals surface area contributed by atoms with Crippen LogP contribution in [0.5, 0.6) is 0 Å². The molecule has 2 rings (SSSR count). The van der Waals surface area contributed by atoms with Crippen molar-refractivity contribution in [3.05, 3.63) is 52.3 Å². The van der Waals surface area contributed by atoms with Gasteiger partial charge in [0.25, 0.3) is 0 Å². The average molecular weight is 271 g/mol. The number of hydrogen-bond donors (Lipinski definition) is 1. The maximum atomic E-state index is 4.42. The highest BCUT2D eigenvalue weighted by atomic mass is 15.3. The number of nitrogens with zero attached hydrogens (tertiary/aromatic N) is 2. The van der Waals surface area contributed by atoms with E-state index in [9.17, 15) is 0 Å². The number of aromatic nitrogens is 2. The van der Waals surface area contributed by atoms with E-state index in [1.165, 1.54) is 27.9 Å². The first kappa shape index (κ1) is 14.8. The maximum Gasteiger partial charge on any atom is 0.0753 e. The molecule has 1 N–H and O–H groups in total. The lowest BCUT2D eigenvalue weighted by Crippen LogP contribution is -2.26. The summed E-state index contributed by atoms with van der Waals surface area (Å²) in [6, 6.07) is 6.86. The van der Waals surface area contributed by atoms with Crippen LogP contribution in [0.25, 0.3) is 0 Å². The van der Waals surface area contributed by atoms with E-state index in [1.807, 2.05) is 6.20 Å². The molecule has 0 radical (unpaired) electrons. The molecule has 1 aromatic heterocycles. The predicted octanol–water partition coefficient (Wildman–Crippen LogP) is 3.53. The smallest absolute Gasteiger partial charge is 0.0753 e. The molecule has 108 valence electrons. The Hall–Kier alpha value is -1.61. The van der Waals surface area contributed by atoms with Crippen molar-refractivity contribution in [3.8, 4) is 0 Å². The van der Waals surface area contributed by atoms with Gasteiger partial charge < -0.3 is 5.32 Å². The van der Waals surface area contributed by atoms with E-state index >= 15 is 0 Å². The second-order valence-electron chi connectivity index (χ2n) is 5.37. The second kappa shape index (κ2) is 6.23. The Balaban J connectivity index is 2.54. The van der Waals surface area contributed by atoms with E-state index in [0.717, 1.165) is 13.1 Å². The van der Waals surface area contributed by atoms with Crippen LogP contribution in [0.4, 0.5) is 0 Å². The molecular formula is C17H25N3. The molecule has 0 aliphatic rings. The summed E-state index contributed by atoms with van der Waals surface area (Å²) in [7, 11) is 0. The summed E-state index contributed by atoms with van der Waals surface area (Å²) < 4.78 is 2.08. The summed E-state index contributed by atoms with van der Waals surface area (Å²) in [5, 5.41) is 8.03. The molecular weight excluding hydrogens is 246 g/mol. The molecule has 0 fully saturated rings. The molecule has 2 aromatic rings. The molecule has 0 amide bonds. The summed E-state index contributed by atoms with van der Waals surface area (Å²) in [6.07, 6.45) is 1.89. The van der Waals surface area contributed by atoms with E-state index in [2.05, 4.69) is 67.9 Å². The van der Waals surface area contributed by atoms with Crippen molar-refractivity contribution in [2.24, 2.45) is 0 Å². The number of nitrogens with one attached hydrogen (secondary N) is 1. The van der Waals surface area contributed by atoms with Gasteiger partial charge >= 0.3 is 0 Å². The summed E-state index contributed by atoms with van der Waals surface area (Å²) in [5.41, 5.74) is 6.63. The van der Waals surface area contributed by atoms with Crippen molar-refractivity contribution in [3.63, 3.8) is 0 Å². The van der Waals surface area contributed by atoms with E-state index < -0.39 is 0 Å². The highest BCUT2D eigenvalue weighted by molar-refractivity contribution is 5.42. The van der Waals surface area contributed by atoms with Gasteiger partial charge in [-0.3, -0.25) is 4.68 Å². The lowest BCUT2D eigenvalue weighted by molar-refractivity contribution is 0.539. The first-order valence-electron chi connectivity index (χ1n) is 7.41. The molecule has 0 aliphatic carbocycles. The van der Waals surface area contributed by atoms with Gasteiger partial charge in [-0.15, -0.1) is 0 Å². The van der Waals surface area contributed by atoms with Crippen LogP contribution in [0, 0.1) is 20.8 Å². The van der Waals surface area contributed by atoms with Crippen LogP contribution in [0.1, 0.15) is 47.8 Å².